The summed E-state index contributed by atoms with van der Waals surface area (Å²) in [5.74, 6) is 0.187. The number of amides is 1. The maximum absolute atomic E-state index is 13.8. The Balaban J connectivity index is 1.42. The van der Waals surface area contributed by atoms with Crippen molar-refractivity contribution in [3.05, 3.63) is 71.3 Å². The molecule has 2 aliphatic heterocycles. The molecule has 35 heavy (non-hydrogen) atoms. The lowest BCUT2D eigenvalue weighted by molar-refractivity contribution is -0.137. The first-order chi connectivity index (χ1) is 16.7. The number of hydrogen-bond donors (Lipinski definition) is 0. The van der Waals surface area contributed by atoms with Gasteiger partial charge < -0.3 is 9.64 Å². The third-order valence-electron chi connectivity index (χ3n) is 6.82. The van der Waals surface area contributed by atoms with Crippen molar-refractivity contribution in [2.24, 2.45) is 5.92 Å². The van der Waals surface area contributed by atoms with E-state index in [1.807, 2.05) is 43.0 Å². The minimum Gasteiger partial charge on any atom is -0.472 e. The van der Waals surface area contributed by atoms with Crippen LogP contribution in [-0.4, -0.2) is 44.4 Å². The second-order valence-corrected chi connectivity index (χ2v) is 9.26. The van der Waals surface area contributed by atoms with Gasteiger partial charge in [-0.1, -0.05) is 6.07 Å². The summed E-state index contributed by atoms with van der Waals surface area (Å²) < 4.78 is 44.7. The van der Waals surface area contributed by atoms with Crippen molar-refractivity contribution in [3.8, 4) is 17.1 Å². The fraction of sp³-hybridized carbons (Fsp3) is 0.385. The molecule has 3 aromatic rings. The normalized spacial score (nSPS) is 21.7. The summed E-state index contributed by atoms with van der Waals surface area (Å²) in [4.78, 5) is 28.6. The van der Waals surface area contributed by atoms with E-state index in [1.54, 1.807) is 6.20 Å². The molecule has 6 rings (SSSR count). The molecule has 0 aromatic carbocycles. The minimum absolute atomic E-state index is 0.126. The largest absolute Gasteiger partial charge is 0.472 e. The first-order valence-electron chi connectivity index (χ1n) is 11.6. The quantitative estimate of drug-likeness (QED) is 0.508. The van der Waals surface area contributed by atoms with Gasteiger partial charge in [-0.05, 0) is 68.9 Å². The molecule has 0 spiro atoms. The lowest BCUT2D eigenvalue weighted by Gasteiger charge is -2.49. The van der Waals surface area contributed by atoms with Gasteiger partial charge in [0.2, 0.25) is 5.88 Å². The fourth-order valence-electron chi connectivity index (χ4n) is 5.08. The molecule has 6 nitrogen and oxygen atoms in total. The summed E-state index contributed by atoms with van der Waals surface area (Å²) in [6.07, 6.45) is 0.125. The van der Waals surface area contributed by atoms with Crippen molar-refractivity contribution in [1.29, 1.82) is 0 Å². The number of hydrogen-bond acceptors (Lipinski definition) is 5. The fourth-order valence-corrected chi connectivity index (χ4v) is 5.08. The van der Waals surface area contributed by atoms with Crippen molar-refractivity contribution < 1.29 is 22.7 Å². The lowest BCUT2D eigenvalue weighted by Crippen LogP contribution is -2.59. The molecule has 2 saturated heterocycles. The highest BCUT2D eigenvalue weighted by molar-refractivity contribution is 5.99. The van der Waals surface area contributed by atoms with Gasteiger partial charge in [0.05, 0.1) is 17.3 Å². The predicted octanol–water partition coefficient (Wildman–Crippen LogP) is 5.25. The molecule has 1 aliphatic carbocycles. The Kier molecular flexibility index (Phi) is 5.94. The Hall–Kier alpha value is -3.49. The van der Waals surface area contributed by atoms with Gasteiger partial charge >= 0.3 is 6.18 Å². The molecule has 0 radical (unpaired) electrons. The second-order valence-electron chi connectivity index (χ2n) is 9.26. The summed E-state index contributed by atoms with van der Waals surface area (Å²) in [7, 11) is 0. The van der Waals surface area contributed by atoms with Gasteiger partial charge in [-0.15, -0.1) is 0 Å². The number of rotatable bonds is 4. The topological polar surface area (TPSA) is 68.2 Å². The van der Waals surface area contributed by atoms with Crippen LogP contribution in [0.2, 0.25) is 0 Å². The lowest BCUT2D eigenvalue weighted by atomic mass is 9.77. The number of aryl methyl sites for hydroxylation is 2. The van der Waals surface area contributed by atoms with Gasteiger partial charge in [0, 0.05) is 36.3 Å². The number of carbonyl (C=O) groups excluding carboxylic acids is 1. The van der Waals surface area contributed by atoms with Crippen molar-refractivity contribution in [2.45, 2.75) is 51.4 Å². The summed E-state index contributed by atoms with van der Waals surface area (Å²) >= 11 is 0. The Morgan fingerprint density at radius 3 is 2.60 bits per heavy atom. The zero-order valence-electron chi connectivity index (χ0n) is 19.4. The van der Waals surface area contributed by atoms with Gasteiger partial charge in [-0.3, -0.25) is 9.78 Å². The number of carbonyl (C=O) groups is 1. The predicted molar refractivity (Wildman–Crippen MR) is 123 cm³/mol. The minimum atomic E-state index is -4.46. The summed E-state index contributed by atoms with van der Waals surface area (Å²) in [6, 6.07) is 9.53. The van der Waals surface area contributed by atoms with Crippen molar-refractivity contribution in [1.82, 2.24) is 19.9 Å². The molecule has 3 atom stereocenters. The average molecular weight is 483 g/mol. The van der Waals surface area contributed by atoms with Crippen molar-refractivity contribution in [2.75, 3.05) is 6.54 Å². The Morgan fingerprint density at radius 1 is 1.09 bits per heavy atom. The highest BCUT2D eigenvalue weighted by Crippen LogP contribution is 2.39. The van der Waals surface area contributed by atoms with E-state index in [2.05, 4.69) is 15.0 Å². The molecule has 5 heterocycles. The first-order valence-corrected chi connectivity index (χ1v) is 11.6. The van der Waals surface area contributed by atoms with Crippen LogP contribution >= 0.6 is 0 Å². The molecule has 1 saturated carbocycles. The number of piperidine rings is 2. The molecule has 3 aliphatic rings. The van der Waals surface area contributed by atoms with Crippen LogP contribution in [0.25, 0.3) is 11.3 Å². The molecule has 2 bridgehead atoms. The standard InChI is InChI=1S/C26H25F3N4O2/c1-15-4-3-11-30-23(15)19-8-5-16(2)32-24(19)25(34)33-14-17-6-9-20(33)21(12-17)35-22-10-7-18(13-31-22)26(27,28)29/h3-5,7-8,10-11,13,17,20-21H,6,9,12,14H2,1-2H3/t17-,20+,21-/m1/s1. The third kappa shape index (κ3) is 4.59. The molecule has 0 unspecified atom stereocenters. The van der Waals surface area contributed by atoms with Crippen LogP contribution in [0, 0.1) is 19.8 Å². The zero-order valence-corrected chi connectivity index (χ0v) is 19.4. The second kappa shape index (κ2) is 8.94. The van der Waals surface area contributed by atoms with Gasteiger partial charge in [0.1, 0.15) is 11.8 Å². The number of pyridine rings is 3. The van der Waals surface area contributed by atoms with E-state index in [0.29, 0.717) is 23.5 Å². The maximum atomic E-state index is 13.8. The van der Waals surface area contributed by atoms with Crippen LogP contribution in [0.1, 0.15) is 46.6 Å². The van der Waals surface area contributed by atoms with Gasteiger partial charge in [0.25, 0.3) is 5.91 Å². The number of ether oxygens (including phenoxy) is 1. The summed E-state index contributed by atoms with van der Waals surface area (Å²) in [6.45, 7) is 4.39. The summed E-state index contributed by atoms with van der Waals surface area (Å²) in [5, 5.41) is 0. The van der Waals surface area contributed by atoms with E-state index >= 15 is 0 Å². The van der Waals surface area contributed by atoms with Crippen LogP contribution in [0.3, 0.4) is 0 Å². The van der Waals surface area contributed by atoms with E-state index < -0.39 is 11.7 Å². The van der Waals surface area contributed by atoms with Gasteiger partial charge in [-0.25, -0.2) is 9.97 Å². The molecule has 3 fully saturated rings. The van der Waals surface area contributed by atoms with Crippen molar-refractivity contribution >= 4 is 5.91 Å². The Bertz CT molecular complexity index is 1250. The van der Waals surface area contributed by atoms with E-state index in [9.17, 15) is 18.0 Å². The molecule has 0 N–H and O–H groups in total. The van der Waals surface area contributed by atoms with Gasteiger partial charge in [-0.2, -0.15) is 13.2 Å². The highest BCUT2D eigenvalue weighted by atomic mass is 19.4. The monoisotopic (exact) mass is 482 g/mol. The molecule has 182 valence electrons. The van der Waals surface area contributed by atoms with Crippen LogP contribution in [0.5, 0.6) is 5.88 Å². The molecule has 3 aromatic heterocycles. The third-order valence-corrected chi connectivity index (χ3v) is 6.82. The maximum Gasteiger partial charge on any atom is 0.417 e. The van der Waals surface area contributed by atoms with Crippen LogP contribution in [-0.2, 0) is 6.18 Å². The van der Waals surface area contributed by atoms with E-state index in [-0.39, 0.29) is 29.9 Å². The smallest absolute Gasteiger partial charge is 0.417 e. The van der Waals surface area contributed by atoms with Crippen LogP contribution in [0.15, 0.2) is 48.8 Å². The molecular formula is C26H25F3N4O2. The van der Waals surface area contributed by atoms with Crippen LogP contribution < -0.4 is 4.74 Å². The van der Waals surface area contributed by atoms with E-state index in [0.717, 1.165) is 42.8 Å². The van der Waals surface area contributed by atoms with Gasteiger partial charge in [0.15, 0.2) is 0 Å². The Morgan fingerprint density at radius 2 is 1.91 bits per heavy atom. The van der Waals surface area contributed by atoms with Crippen LogP contribution in [0.4, 0.5) is 13.2 Å². The number of aromatic nitrogens is 3. The average Bonchev–Trinajstić information content (AvgIpc) is 2.84. The van der Waals surface area contributed by atoms with E-state index in [1.165, 1.54) is 6.07 Å². The highest BCUT2D eigenvalue weighted by Gasteiger charge is 2.45. The molecule has 1 amide bonds. The number of fused-ring (bicyclic) bond motifs is 3. The first kappa shape index (κ1) is 23.3. The molecular weight excluding hydrogens is 457 g/mol. The van der Waals surface area contributed by atoms with Crippen molar-refractivity contribution in [3.63, 3.8) is 0 Å². The number of alkyl halides is 3. The SMILES string of the molecule is Cc1ccc(-c2ncccc2C)c(C(=O)N2C[C@@H]3CC[C@H]2[C@H](Oc2ccc(C(F)(F)F)cn2)C3)n1. The molecule has 9 heteroatoms. The summed E-state index contributed by atoms with van der Waals surface area (Å²) in [5.41, 5.74) is 2.60. The number of halogens is 3. The Labute approximate surface area is 201 Å². The zero-order chi connectivity index (χ0) is 24.7. The number of nitrogens with zero attached hydrogens (tertiary/aromatic N) is 4. The van der Waals surface area contributed by atoms with E-state index in [4.69, 9.17) is 4.74 Å².